The highest BCUT2D eigenvalue weighted by molar-refractivity contribution is 7.87. The molecule has 0 radical (unpaired) electrons. The van der Waals surface area contributed by atoms with E-state index in [1.165, 1.54) is 30.9 Å². The number of fused-ring (bicyclic) bond motifs is 1. The van der Waals surface area contributed by atoms with E-state index in [2.05, 4.69) is 10.00 Å². The number of pyridine rings is 1. The lowest BCUT2D eigenvalue weighted by Crippen LogP contribution is -2.39. The number of halogens is 1. The normalized spacial score (nSPS) is 17.1. The molecule has 1 fully saturated rings. The van der Waals surface area contributed by atoms with Crippen LogP contribution in [0.4, 0.5) is 10.1 Å². The van der Waals surface area contributed by atoms with E-state index in [0.29, 0.717) is 5.52 Å². The summed E-state index contributed by atoms with van der Waals surface area (Å²) >= 11 is 0. The Hall–Kier alpha value is -2.98. The van der Waals surface area contributed by atoms with Crippen LogP contribution in [-0.4, -0.2) is 48.9 Å². The summed E-state index contributed by atoms with van der Waals surface area (Å²) in [6.45, 7) is 0.794. The van der Waals surface area contributed by atoms with Crippen LogP contribution in [-0.2, 0) is 10.2 Å². The van der Waals surface area contributed by atoms with Gasteiger partial charge in [-0.1, -0.05) is 12.1 Å². The monoisotopic (exact) mass is 431 g/mol. The first kappa shape index (κ1) is 20.3. The standard InChI is InChI=1S/C20H22FN5O3S/c1-24(2)30(28,29)23-20(27)17-13-22-26-10-8-16(12-19(17)26)25-9-4-7-18(25)14-5-3-6-15(21)11-14/h3,5-6,8,10-13,18H,4,7,9H2,1-2H3,(H,23,27)/t18-/m1/s1. The minimum atomic E-state index is -3.92. The number of hydrogen-bond donors (Lipinski definition) is 1. The van der Waals surface area contributed by atoms with Crippen molar-refractivity contribution >= 4 is 27.3 Å². The van der Waals surface area contributed by atoms with Gasteiger partial charge in [0.05, 0.1) is 23.3 Å². The SMILES string of the molecule is CN(C)S(=O)(=O)NC(=O)c1cnn2ccc(N3CCC[C@@H]3c3cccc(F)c3)cc12. The number of hydrogen-bond acceptors (Lipinski definition) is 5. The Kier molecular flexibility index (Phi) is 5.20. The van der Waals surface area contributed by atoms with Crippen LogP contribution in [0.1, 0.15) is 34.8 Å². The van der Waals surface area contributed by atoms with Crippen molar-refractivity contribution in [3.05, 3.63) is 65.7 Å². The fourth-order valence-electron chi connectivity index (χ4n) is 3.72. The molecule has 3 aromatic rings. The van der Waals surface area contributed by atoms with Gasteiger partial charge in [0.2, 0.25) is 0 Å². The third kappa shape index (κ3) is 3.75. The third-order valence-corrected chi connectivity index (χ3v) is 6.67. The molecule has 1 aliphatic rings. The van der Waals surface area contributed by atoms with E-state index in [0.717, 1.165) is 34.9 Å². The molecule has 1 aliphatic heterocycles. The molecule has 10 heteroatoms. The van der Waals surface area contributed by atoms with Crippen molar-refractivity contribution in [1.29, 1.82) is 0 Å². The molecule has 0 bridgehead atoms. The zero-order valence-electron chi connectivity index (χ0n) is 16.6. The van der Waals surface area contributed by atoms with Gasteiger partial charge in [-0.15, -0.1) is 0 Å². The van der Waals surface area contributed by atoms with Gasteiger partial charge >= 0.3 is 10.2 Å². The van der Waals surface area contributed by atoms with E-state index >= 15 is 0 Å². The van der Waals surface area contributed by atoms with Crippen LogP contribution in [0, 0.1) is 5.82 Å². The highest BCUT2D eigenvalue weighted by Gasteiger charge is 2.27. The Bertz CT molecular complexity index is 1210. The first-order chi connectivity index (χ1) is 14.3. The van der Waals surface area contributed by atoms with E-state index in [4.69, 9.17) is 0 Å². The predicted octanol–water partition coefficient (Wildman–Crippen LogP) is 2.35. The van der Waals surface area contributed by atoms with Crippen molar-refractivity contribution in [2.24, 2.45) is 0 Å². The van der Waals surface area contributed by atoms with Crippen LogP contribution in [0.5, 0.6) is 0 Å². The largest absolute Gasteiger partial charge is 0.364 e. The van der Waals surface area contributed by atoms with Gasteiger partial charge in [0.1, 0.15) is 5.82 Å². The Morgan fingerprint density at radius 1 is 1.27 bits per heavy atom. The van der Waals surface area contributed by atoms with Gasteiger partial charge in [-0.25, -0.2) is 13.6 Å². The van der Waals surface area contributed by atoms with Crippen molar-refractivity contribution in [2.45, 2.75) is 18.9 Å². The number of amides is 1. The van der Waals surface area contributed by atoms with Crippen molar-refractivity contribution < 1.29 is 17.6 Å². The van der Waals surface area contributed by atoms with Crippen molar-refractivity contribution in [3.63, 3.8) is 0 Å². The van der Waals surface area contributed by atoms with Gasteiger partial charge in [0, 0.05) is 32.5 Å². The van der Waals surface area contributed by atoms with Crippen LogP contribution >= 0.6 is 0 Å². The molecule has 0 saturated carbocycles. The van der Waals surface area contributed by atoms with Gasteiger partial charge < -0.3 is 4.90 Å². The Labute approximate surface area is 174 Å². The fourth-order valence-corrected chi connectivity index (χ4v) is 4.25. The lowest BCUT2D eigenvalue weighted by Gasteiger charge is -2.27. The number of aromatic nitrogens is 2. The smallest absolute Gasteiger partial charge is 0.303 e. The molecule has 1 N–H and O–H groups in total. The molecule has 0 spiro atoms. The molecule has 158 valence electrons. The number of nitrogens with zero attached hydrogens (tertiary/aromatic N) is 4. The Morgan fingerprint density at radius 3 is 2.80 bits per heavy atom. The summed E-state index contributed by atoms with van der Waals surface area (Å²) in [6, 6.07) is 10.3. The molecule has 2 aromatic heterocycles. The second-order valence-corrected chi connectivity index (χ2v) is 9.28. The van der Waals surface area contributed by atoms with Crippen LogP contribution in [0.15, 0.2) is 48.8 Å². The van der Waals surface area contributed by atoms with Crippen molar-refractivity contribution in [3.8, 4) is 0 Å². The molecule has 30 heavy (non-hydrogen) atoms. The fraction of sp³-hybridized carbons (Fsp3) is 0.300. The summed E-state index contributed by atoms with van der Waals surface area (Å²) < 4.78 is 42.2. The summed E-state index contributed by atoms with van der Waals surface area (Å²) in [6.07, 6.45) is 4.92. The van der Waals surface area contributed by atoms with Crippen LogP contribution in [0.25, 0.3) is 5.52 Å². The molecule has 4 rings (SSSR count). The lowest BCUT2D eigenvalue weighted by atomic mass is 10.0. The first-order valence-corrected chi connectivity index (χ1v) is 10.9. The van der Waals surface area contributed by atoms with Gasteiger partial charge in [-0.05, 0) is 42.7 Å². The summed E-state index contributed by atoms with van der Waals surface area (Å²) in [7, 11) is -1.24. The van der Waals surface area contributed by atoms with Gasteiger partial charge in [-0.2, -0.15) is 17.8 Å². The van der Waals surface area contributed by atoms with E-state index in [1.54, 1.807) is 18.3 Å². The highest BCUT2D eigenvalue weighted by atomic mass is 32.2. The van der Waals surface area contributed by atoms with Crippen LogP contribution in [0.3, 0.4) is 0 Å². The maximum Gasteiger partial charge on any atom is 0.303 e. The minimum Gasteiger partial charge on any atom is -0.364 e. The molecule has 3 heterocycles. The summed E-state index contributed by atoms with van der Waals surface area (Å²) in [4.78, 5) is 14.7. The lowest BCUT2D eigenvalue weighted by molar-refractivity contribution is 0.0981. The number of carbonyl (C=O) groups is 1. The molecule has 1 saturated heterocycles. The van der Waals surface area contributed by atoms with Crippen molar-refractivity contribution in [1.82, 2.24) is 18.6 Å². The number of nitrogens with one attached hydrogen (secondary N) is 1. The second kappa shape index (κ2) is 7.69. The zero-order chi connectivity index (χ0) is 21.5. The first-order valence-electron chi connectivity index (χ1n) is 9.50. The molecule has 8 nitrogen and oxygen atoms in total. The quantitative estimate of drug-likeness (QED) is 0.670. The average Bonchev–Trinajstić information content (AvgIpc) is 3.34. The maximum absolute atomic E-state index is 13.7. The maximum atomic E-state index is 13.7. The Balaban J connectivity index is 1.68. The molecule has 1 atom stereocenters. The van der Waals surface area contributed by atoms with E-state index < -0.39 is 16.1 Å². The molecule has 0 aliphatic carbocycles. The third-order valence-electron chi connectivity index (χ3n) is 5.27. The van der Waals surface area contributed by atoms with Crippen molar-refractivity contribution in [2.75, 3.05) is 25.5 Å². The number of benzene rings is 1. The van der Waals surface area contributed by atoms with Crippen LogP contribution in [0.2, 0.25) is 0 Å². The molecule has 0 unspecified atom stereocenters. The van der Waals surface area contributed by atoms with Gasteiger partial charge in [-0.3, -0.25) is 4.79 Å². The summed E-state index contributed by atoms with van der Waals surface area (Å²) in [5, 5.41) is 4.15. The second-order valence-electron chi connectivity index (χ2n) is 7.40. The summed E-state index contributed by atoms with van der Waals surface area (Å²) in [5.74, 6) is -1.02. The predicted molar refractivity (Wildman–Crippen MR) is 111 cm³/mol. The average molecular weight is 431 g/mol. The van der Waals surface area contributed by atoms with Crippen LogP contribution < -0.4 is 9.62 Å². The van der Waals surface area contributed by atoms with E-state index in [9.17, 15) is 17.6 Å². The molecular weight excluding hydrogens is 409 g/mol. The minimum absolute atomic E-state index is 0.0254. The van der Waals surface area contributed by atoms with Gasteiger partial charge in [0.15, 0.2) is 0 Å². The van der Waals surface area contributed by atoms with E-state index in [-0.39, 0.29) is 17.4 Å². The van der Waals surface area contributed by atoms with E-state index in [1.807, 2.05) is 22.9 Å². The molecular formula is C20H22FN5O3S. The topological polar surface area (TPSA) is 87.0 Å². The Morgan fingerprint density at radius 2 is 2.07 bits per heavy atom. The van der Waals surface area contributed by atoms with Gasteiger partial charge in [0.25, 0.3) is 5.91 Å². The number of anilines is 1. The highest BCUT2D eigenvalue weighted by Crippen LogP contribution is 2.36. The zero-order valence-corrected chi connectivity index (χ0v) is 17.4. The molecule has 1 amide bonds. The number of rotatable bonds is 5. The number of carbonyl (C=O) groups excluding carboxylic acids is 1. The molecule has 1 aromatic carbocycles. The summed E-state index contributed by atoms with van der Waals surface area (Å²) in [5.41, 5.74) is 2.41.